The number of benzene rings is 2. The van der Waals surface area contributed by atoms with Crippen molar-refractivity contribution in [3.05, 3.63) is 71.8 Å². The molecule has 0 aliphatic heterocycles. The maximum atomic E-state index is 11.6. The Kier molecular flexibility index (Phi) is 27.0. The van der Waals surface area contributed by atoms with E-state index in [1.165, 1.54) is 17.3 Å². The highest BCUT2D eigenvalue weighted by atomic mass is 16.3. The third kappa shape index (κ3) is 31.4. The van der Waals surface area contributed by atoms with Gasteiger partial charge < -0.3 is 26.6 Å². The number of carbonyl (C=O) groups excluding carboxylic acids is 2. The van der Waals surface area contributed by atoms with E-state index in [4.69, 9.17) is 27.8 Å². The van der Waals surface area contributed by atoms with Crippen LogP contribution in [0.3, 0.4) is 0 Å². The van der Waals surface area contributed by atoms with E-state index in [9.17, 15) is 9.59 Å². The fraction of sp³-hybridized carbons (Fsp3) is 0.605. The summed E-state index contributed by atoms with van der Waals surface area (Å²) in [6.45, 7) is 11.6. The molecule has 2 amide bonds. The summed E-state index contributed by atoms with van der Waals surface area (Å²) in [5, 5.41) is 23.8. The van der Waals surface area contributed by atoms with E-state index in [0.717, 1.165) is 77.3 Å². The first kappa shape index (κ1) is 40.2. The molecule has 0 aliphatic rings. The molecule has 0 fully saturated rings. The number of nitrogens with one attached hydrogen (secondary N) is 2. The molecule has 0 bridgehead atoms. The van der Waals surface area contributed by atoms with Crippen LogP contribution >= 0.6 is 0 Å². The molecule has 0 unspecified atom stereocenters. The van der Waals surface area contributed by atoms with Crippen molar-refractivity contribution in [2.75, 3.05) is 39.4 Å². The van der Waals surface area contributed by atoms with Gasteiger partial charge in [-0.3, -0.25) is 9.79 Å². The van der Waals surface area contributed by atoms with Gasteiger partial charge in [-0.05, 0) is 79.9 Å². The SMILES string of the molecule is C.CC(C)(CO)CCCCN.CC(C)(CO)CCCCNC(=O)NCCCc1ccccc1.O=CC=NCCCc1ccccc1.[2H][2H].[2H][2H].[2H][2H].[2H][2H].[B]. The average Bonchev–Trinajstić information content (AvgIpc) is 3.21. The number of nitrogens with zero attached hydrogens (tertiary/aromatic N) is 1. The summed E-state index contributed by atoms with van der Waals surface area (Å²) in [7, 11) is 0. The molecule has 2 aromatic rings. The van der Waals surface area contributed by atoms with Crippen LogP contribution in [0.15, 0.2) is 65.7 Å². The number of aliphatic hydroxyl groups is 2. The zero-order valence-corrected chi connectivity index (χ0v) is 29.1. The zero-order chi connectivity index (χ0) is 41.7. The van der Waals surface area contributed by atoms with E-state index >= 15 is 0 Å². The average molecular weight is 670 g/mol. The van der Waals surface area contributed by atoms with Crippen LogP contribution in [0.1, 0.15) is 109 Å². The number of nitrogens with two attached hydrogens (primary N) is 1. The molecule has 0 aliphatic carbocycles. The topological polar surface area (TPSA) is 137 Å². The first-order valence-corrected chi connectivity index (χ1v) is 16.5. The summed E-state index contributed by atoms with van der Waals surface area (Å²) in [4.78, 5) is 25.4. The molecular formula is C38H74BN4O4. The van der Waals surface area contributed by atoms with Crippen molar-refractivity contribution in [2.45, 2.75) is 99.3 Å². The van der Waals surface area contributed by atoms with Crippen molar-refractivity contribution < 1.29 is 31.7 Å². The fourth-order valence-corrected chi connectivity index (χ4v) is 4.17. The van der Waals surface area contributed by atoms with Crippen LogP contribution in [0.2, 0.25) is 0 Å². The number of urea groups is 1. The quantitative estimate of drug-likeness (QED) is 0.0434. The lowest BCUT2D eigenvalue weighted by Gasteiger charge is -2.21. The Balaban J connectivity index is -0.000000120. The van der Waals surface area contributed by atoms with Gasteiger partial charge in [0.1, 0.15) is 0 Å². The highest BCUT2D eigenvalue weighted by molar-refractivity contribution is 6.12. The molecule has 0 saturated heterocycles. The lowest BCUT2D eigenvalue weighted by Crippen LogP contribution is -2.36. The number of unbranched alkanes of at least 4 members (excludes halogenated alkanes) is 2. The van der Waals surface area contributed by atoms with Crippen LogP contribution in [0, 0.1) is 10.8 Å². The van der Waals surface area contributed by atoms with Gasteiger partial charge in [-0.1, -0.05) is 109 Å². The lowest BCUT2D eigenvalue weighted by atomic mass is 9.88. The number of rotatable bonds is 20. The molecule has 0 saturated carbocycles. The minimum Gasteiger partial charge on any atom is -0.396 e. The van der Waals surface area contributed by atoms with Gasteiger partial charge in [-0.15, -0.1) is 0 Å². The largest absolute Gasteiger partial charge is 0.396 e. The number of aryl methyl sites for hydroxylation is 2. The van der Waals surface area contributed by atoms with Crippen molar-refractivity contribution >= 4 is 26.9 Å². The maximum absolute atomic E-state index is 11.6. The molecule has 2 aromatic carbocycles. The molecule has 8 nitrogen and oxygen atoms in total. The van der Waals surface area contributed by atoms with Crippen LogP contribution < -0.4 is 16.4 Å². The second-order valence-corrected chi connectivity index (χ2v) is 12.9. The zero-order valence-electron chi connectivity index (χ0n) is 37.1. The smallest absolute Gasteiger partial charge is 0.314 e. The van der Waals surface area contributed by atoms with Crippen molar-refractivity contribution in [3.8, 4) is 0 Å². The van der Waals surface area contributed by atoms with Crippen molar-refractivity contribution in [3.63, 3.8) is 0 Å². The first-order valence-electron chi connectivity index (χ1n) is 20.5. The van der Waals surface area contributed by atoms with Crippen LogP contribution in [-0.4, -0.2) is 76.6 Å². The maximum Gasteiger partial charge on any atom is 0.314 e. The fourth-order valence-electron chi connectivity index (χ4n) is 4.17. The van der Waals surface area contributed by atoms with Gasteiger partial charge in [-0.25, -0.2) is 4.79 Å². The van der Waals surface area contributed by atoms with E-state index in [0.29, 0.717) is 19.4 Å². The molecule has 9 heteroatoms. The van der Waals surface area contributed by atoms with Gasteiger partial charge in [0.2, 0.25) is 0 Å². The summed E-state index contributed by atoms with van der Waals surface area (Å²) in [6, 6.07) is 20.5. The number of aliphatic hydroxyl groups excluding tert-OH is 2. The number of hydrogen-bond donors (Lipinski definition) is 5. The first-order chi connectivity index (χ1) is 25.6. The van der Waals surface area contributed by atoms with Crippen LogP contribution in [-0.2, 0) is 17.6 Å². The highest BCUT2D eigenvalue weighted by Gasteiger charge is 2.15. The summed E-state index contributed by atoms with van der Waals surface area (Å²) >= 11 is 0. The van der Waals surface area contributed by atoms with Crippen molar-refractivity contribution in [2.24, 2.45) is 21.6 Å². The molecule has 0 heterocycles. The molecule has 2 rings (SSSR count). The number of aliphatic imine (C=N–C) groups is 1. The van der Waals surface area contributed by atoms with Gasteiger partial charge >= 0.3 is 6.03 Å². The Morgan fingerprint density at radius 3 is 1.68 bits per heavy atom. The predicted molar refractivity (Wildman–Crippen MR) is 210 cm³/mol. The van der Waals surface area contributed by atoms with Crippen LogP contribution in [0.4, 0.5) is 4.79 Å². The Labute approximate surface area is 301 Å². The van der Waals surface area contributed by atoms with E-state index in [1.54, 1.807) is 0 Å². The molecule has 0 spiro atoms. The Morgan fingerprint density at radius 2 is 1.23 bits per heavy atom. The lowest BCUT2D eigenvalue weighted by molar-refractivity contribution is -0.102. The summed E-state index contributed by atoms with van der Waals surface area (Å²) < 4.78 is 40.0. The summed E-state index contributed by atoms with van der Waals surface area (Å²) in [6.07, 6.45) is 12.2. The molecule has 47 heavy (non-hydrogen) atoms. The molecular weight excluding hydrogens is 587 g/mol. The van der Waals surface area contributed by atoms with E-state index in [1.807, 2.05) is 36.4 Å². The molecule has 0 atom stereocenters. The number of amides is 2. The third-order valence-corrected chi connectivity index (χ3v) is 7.26. The molecule has 3 radical (unpaired) electrons. The molecule has 0 aromatic heterocycles. The Morgan fingerprint density at radius 1 is 0.787 bits per heavy atom. The number of carbonyl (C=O) groups is 2. The Bertz CT molecular complexity index is 1040. The van der Waals surface area contributed by atoms with E-state index < -0.39 is 0 Å². The van der Waals surface area contributed by atoms with Gasteiger partial charge in [0.15, 0.2) is 6.29 Å². The van der Waals surface area contributed by atoms with E-state index in [-0.39, 0.29) is 45.9 Å². The highest BCUT2D eigenvalue weighted by Crippen LogP contribution is 2.22. The minimum absolute atomic E-state index is 0. The second kappa shape index (κ2) is 31.6. The summed E-state index contributed by atoms with van der Waals surface area (Å²) in [5.74, 6) is 0. The normalized spacial score (nSPS) is 11.4. The van der Waals surface area contributed by atoms with Gasteiger partial charge in [0.05, 0.1) is 6.21 Å². The molecule has 273 valence electrons. The number of aldehydes is 1. The third-order valence-electron chi connectivity index (χ3n) is 7.26. The van der Waals surface area contributed by atoms with Gasteiger partial charge in [-0.2, -0.15) is 0 Å². The summed E-state index contributed by atoms with van der Waals surface area (Å²) in [5.41, 5.74) is 8.04. The van der Waals surface area contributed by atoms with Crippen molar-refractivity contribution in [1.29, 1.82) is 0 Å². The van der Waals surface area contributed by atoms with Crippen molar-refractivity contribution in [1.82, 2.24) is 10.6 Å². The monoisotopic (exact) mass is 670 g/mol. The second-order valence-electron chi connectivity index (χ2n) is 12.9. The predicted octanol–water partition coefficient (Wildman–Crippen LogP) is 7.37. The van der Waals surface area contributed by atoms with E-state index in [2.05, 4.69) is 67.6 Å². The molecule has 6 N–H and O–H groups in total. The van der Waals surface area contributed by atoms with Gasteiger partial charge in [0, 0.05) is 53.1 Å². The van der Waals surface area contributed by atoms with Crippen LogP contribution in [0.5, 0.6) is 0 Å². The number of hydrogen-bond acceptors (Lipinski definition) is 6. The Hall–Kier alpha value is -3.01. The van der Waals surface area contributed by atoms with Crippen LogP contribution in [0.25, 0.3) is 0 Å². The minimum atomic E-state index is -0.0884. The van der Waals surface area contributed by atoms with Gasteiger partial charge in [0.25, 0.3) is 0 Å². The standard InChI is InChI=1S/C18H30N2O2.C11H13NO.C8H19NO.CH4.B.4H2/c1-18(2,15-21)12-6-7-13-19-17(22)20-14-8-11-16-9-4-3-5-10-16;13-10-9-12-8-4-7-11-5-2-1-3-6-11;1-8(2,7-10)5-3-4-6-9;;;;;;/h3-5,9-10,21H,6-8,11-15H2,1-2H3,(H2,19,20,22);1-3,5-6,9-10H,4,7-8H2;10H,3-7,9H2,1-2H3;1H4;;4*1H/i;;;;;4*1+1D.